The molecule has 0 aliphatic heterocycles. The predicted molar refractivity (Wildman–Crippen MR) is 33.8 cm³/mol. The van der Waals surface area contributed by atoms with Crippen LogP contribution in [0.4, 0.5) is 0 Å². The summed E-state index contributed by atoms with van der Waals surface area (Å²) < 4.78 is 0. The topological polar surface area (TPSA) is 17.1 Å². The molecule has 1 fully saturated rings. The molecular formula is C6H5BrO. The second-order valence-electron chi connectivity index (χ2n) is 2.31. The quantitative estimate of drug-likeness (QED) is 0.502. The minimum absolute atomic E-state index is 0.303. The lowest BCUT2D eigenvalue weighted by atomic mass is 10.3. The van der Waals surface area contributed by atoms with Crippen molar-refractivity contribution < 1.29 is 4.79 Å². The predicted octanol–water partition coefficient (Wildman–Crippen LogP) is 1.13. The fourth-order valence-electron chi connectivity index (χ4n) is 1.19. The largest absolute Gasteiger partial charge is 0.294 e. The van der Waals surface area contributed by atoms with Crippen molar-refractivity contribution in [2.24, 2.45) is 11.8 Å². The Bertz CT molecular complexity index is 173. The first-order chi connectivity index (χ1) is 3.80. The van der Waals surface area contributed by atoms with Crippen LogP contribution in [0.2, 0.25) is 0 Å². The molecule has 0 aromatic carbocycles. The van der Waals surface area contributed by atoms with Gasteiger partial charge in [-0.1, -0.05) is 22.0 Å². The number of rotatable bonds is 0. The van der Waals surface area contributed by atoms with Crippen molar-refractivity contribution in [3.05, 3.63) is 12.2 Å². The molecule has 0 radical (unpaired) electrons. The van der Waals surface area contributed by atoms with Crippen LogP contribution in [-0.2, 0) is 4.79 Å². The third-order valence-corrected chi connectivity index (χ3v) is 2.98. The van der Waals surface area contributed by atoms with E-state index in [1.165, 1.54) is 0 Å². The fourth-order valence-corrected chi connectivity index (χ4v) is 2.13. The summed E-state index contributed by atoms with van der Waals surface area (Å²) in [4.78, 5) is 11.2. The van der Waals surface area contributed by atoms with E-state index in [0.29, 0.717) is 22.4 Å². The summed E-state index contributed by atoms with van der Waals surface area (Å²) in [6.07, 6.45) is 3.68. The highest BCUT2D eigenvalue weighted by molar-refractivity contribution is 9.09. The Kier molecular flexibility index (Phi) is 0.734. The van der Waals surface area contributed by atoms with Gasteiger partial charge in [-0.3, -0.25) is 4.79 Å². The number of carbonyl (C=O) groups is 1. The van der Waals surface area contributed by atoms with Gasteiger partial charge in [-0.15, -0.1) is 0 Å². The van der Waals surface area contributed by atoms with E-state index in [1.54, 1.807) is 6.08 Å². The molecule has 8 heavy (non-hydrogen) atoms. The molecule has 2 heteroatoms. The van der Waals surface area contributed by atoms with E-state index in [1.807, 2.05) is 6.08 Å². The van der Waals surface area contributed by atoms with E-state index in [0.717, 1.165) is 0 Å². The minimum Gasteiger partial charge on any atom is -0.294 e. The van der Waals surface area contributed by atoms with E-state index < -0.39 is 0 Å². The van der Waals surface area contributed by atoms with Gasteiger partial charge in [-0.25, -0.2) is 0 Å². The first kappa shape index (κ1) is 4.74. The lowest BCUT2D eigenvalue weighted by molar-refractivity contribution is -0.115. The number of alkyl halides is 1. The molecule has 1 saturated carbocycles. The molecule has 0 amide bonds. The summed E-state index contributed by atoms with van der Waals surface area (Å²) in [6.45, 7) is 0. The second-order valence-corrected chi connectivity index (χ2v) is 3.37. The zero-order valence-electron chi connectivity index (χ0n) is 4.17. The first-order valence-electron chi connectivity index (χ1n) is 2.67. The monoisotopic (exact) mass is 172 g/mol. The molecule has 2 rings (SSSR count). The maximum atomic E-state index is 10.7. The van der Waals surface area contributed by atoms with Gasteiger partial charge in [0.2, 0.25) is 0 Å². The van der Waals surface area contributed by atoms with Gasteiger partial charge >= 0.3 is 0 Å². The fraction of sp³-hybridized carbons (Fsp3) is 0.500. The van der Waals surface area contributed by atoms with Gasteiger partial charge in [0, 0.05) is 16.7 Å². The second kappa shape index (κ2) is 1.24. The highest BCUT2D eigenvalue weighted by Gasteiger charge is 2.53. The summed E-state index contributed by atoms with van der Waals surface area (Å²) in [5, 5.41) is 0. The molecule has 3 atom stereocenters. The van der Waals surface area contributed by atoms with Crippen LogP contribution in [0.3, 0.4) is 0 Å². The Morgan fingerprint density at radius 1 is 1.62 bits per heavy atom. The maximum Gasteiger partial charge on any atom is 0.160 e. The normalized spacial score (nSPS) is 49.6. The van der Waals surface area contributed by atoms with Crippen LogP contribution >= 0.6 is 15.9 Å². The molecule has 42 valence electrons. The Labute approximate surface area is 55.9 Å². The van der Waals surface area contributed by atoms with E-state index in [2.05, 4.69) is 15.9 Å². The molecule has 0 heterocycles. The standard InChI is InChI=1S/C6H5BrO/c7-6-3-1-2-4(8)5(3)6/h1-3,5-6H/t3-,5-,6+/m1/s1. The Hall–Kier alpha value is -0.110. The van der Waals surface area contributed by atoms with Crippen molar-refractivity contribution in [2.75, 3.05) is 0 Å². The number of hydrogen-bond donors (Lipinski definition) is 0. The van der Waals surface area contributed by atoms with Crippen LogP contribution in [0.5, 0.6) is 0 Å². The molecular weight excluding hydrogens is 168 g/mol. The third-order valence-electron chi connectivity index (χ3n) is 1.80. The summed E-state index contributed by atoms with van der Waals surface area (Å²) in [5.74, 6) is 1.16. The number of fused-ring (bicyclic) bond motifs is 1. The van der Waals surface area contributed by atoms with Crippen molar-refractivity contribution in [2.45, 2.75) is 4.83 Å². The lowest BCUT2D eigenvalue weighted by Gasteiger charge is -1.81. The Balaban J connectivity index is 2.29. The van der Waals surface area contributed by atoms with Gasteiger partial charge < -0.3 is 0 Å². The van der Waals surface area contributed by atoms with Crippen molar-refractivity contribution >= 4 is 21.7 Å². The van der Waals surface area contributed by atoms with Crippen LogP contribution < -0.4 is 0 Å². The number of carbonyl (C=O) groups excluding carboxylic acids is 1. The molecule has 0 saturated heterocycles. The molecule has 0 unspecified atom stereocenters. The van der Waals surface area contributed by atoms with Gasteiger partial charge in [0.25, 0.3) is 0 Å². The highest BCUT2D eigenvalue weighted by atomic mass is 79.9. The van der Waals surface area contributed by atoms with Crippen molar-refractivity contribution in [1.29, 1.82) is 0 Å². The molecule has 1 nitrogen and oxygen atoms in total. The molecule has 0 N–H and O–H groups in total. The maximum absolute atomic E-state index is 10.7. The van der Waals surface area contributed by atoms with E-state index in [9.17, 15) is 4.79 Å². The van der Waals surface area contributed by atoms with Gasteiger partial charge in [0.1, 0.15) is 0 Å². The van der Waals surface area contributed by atoms with Crippen LogP contribution in [-0.4, -0.2) is 10.6 Å². The lowest BCUT2D eigenvalue weighted by Crippen LogP contribution is -1.93. The molecule has 2 aliphatic carbocycles. The van der Waals surface area contributed by atoms with Crippen LogP contribution in [0.1, 0.15) is 0 Å². The Morgan fingerprint density at radius 3 is 2.62 bits per heavy atom. The van der Waals surface area contributed by atoms with E-state index in [-0.39, 0.29) is 0 Å². The summed E-state index contributed by atoms with van der Waals surface area (Å²) in [6, 6.07) is 0. The van der Waals surface area contributed by atoms with Gasteiger partial charge in [0.15, 0.2) is 5.78 Å². The number of halogens is 1. The highest BCUT2D eigenvalue weighted by Crippen LogP contribution is 2.50. The van der Waals surface area contributed by atoms with Gasteiger partial charge in [-0.05, 0) is 6.08 Å². The Morgan fingerprint density at radius 2 is 2.38 bits per heavy atom. The SMILES string of the molecule is O=C1C=C[C@H]2[C@H](Br)[C@@H]12. The third kappa shape index (κ3) is 0.395. The smallest absolute Gasteiger partial charge is 0.160 e. The zero-order valence-corrected chi connectivity index (χ0v) is 5.76. The average molecular weight is 173 g/mol. The van der Waals surface area contributed by atoms with Crippen molar-refractivity contribution in [1.82, 2.24) is 0 Å². The molecule has 0 spiro atoms. The van der Waals surface area contributed by atoms with Crippen LogP contribution in [0.15, 0.2) is 12.2 Å². The molecule has 0 aromatic heterocycles. The first-order valence-corrected chi connectivity index (χ1v) is 3.58. The van der Waals surface area contributed by atoms with E-state index >= 15 is 0 Å². The van der Waals surface area contributed by atoms with Gasteiger partial charge in [-0.2, -0.15) is 0 Å². The molecule has 0 bridgehead atoms. The summed E-state index contributed by atoms with van der Waals surface area (Å²) in [7, 11) is 0. The van der Waals surface area contributed by atoms with Crippen LogP contribution in [0, 0.1) is 11.8 Å². The number of hydrogen-bond acceptors (Lipinski definition) is 1. The average Bonchev–Trinajstić information content (AvgIpc) is 2.13. The number of ketones is 1. The minimum atomic E-state index is 0.303. The zero-order chi connectivity index (χ0) is 5.72. The van der Waals surface area contributed by atoms with Crippen molar-refractivity contribution in [3.63, 3.8) is 0 Å². The molecule has 0 aromatic rings. The van der Waals surface area contributed by atoms with Gasteiger partial charge in [0.05, 0.1) is 0 Å². The number of allylic oxidation sites excluding steroid dienone is 2. The summed E-state index contributed by atoms with van der Waals surface area (Å²) >= 11 is 3.39. The summed E-state index contributed by atoms with van der Waals surface area (Å²) in [5.41, 5.74) is 0. The molecule has 2 aliphatic rings. The van der Waals surface area contributed by atoms with E-state index in [4.69, 9.17) is 0 Å². The van der Waals surface area contributed by atoms with Crippen molar-refractivity contribution in [3.8, 4) is 0 Å². The van der Waals surface area contributed by atoms with Crippen LogP contribution in [0.25, 0.3) is 0 Å².